The first-order chi connectivity index (χ1) is 5.72. The second-order valence-electron chi connectivity index (χ2n) is 2.10. The van der Waals surface area contributed by atoms with Gasteiger partial charge in [-0.05, 0) is 12.1 Å². The Kier molecular flexibility index (Phi) is 3.31. The highest BCUT2D eigenvalue weighted by atomic mass is 35.5. The highest BCUT2D eigenvalue weighted by Gasteiger charge is 1.98. The number of hydrogen-bond acceptors (Lipinski definition) is 2. The first-order valence-corrected chi connectivity index (χ1v) is 3.97. The highest BCUT2D eigenvalue weighted by molar-refractivity contribution is 6.33. The molecule has 0 bridgehead atoms. The van der Waals surface area contributed by atoms with Crippen LogP contribution in [0.25, 0.3) is 0 Å². The van der Waals surface area contributed by atoms with Crippen LogP contribution in [-0.4, -0.2) is 11.4 Å². The summed E-state index contributed by atoms with van der Waals surface area (Å²) in [6.07, 6.45) is 0.594. The van der Waals surface area contributed by atoms with Crippen molar-refractivity contribution in [1.29, 1.82) is 0 Å². The quantitative estimate of drug-likeness (QED) is 0.601. The van der Waals surface area contributed by atoms with E-state index in [-0.39, 0.29) is 0 Å². The van der Waals surface area contributed by atoms with Gasteiger partial charge < -0.3 is 5.32 Å². The van der Waals surface area contributed by atoms with Gasteiger partial charge in [0.1, 0.15) is 5.15 Å². The molecule has 0 radical (unpaired) electrons. The molecule has 1 N–H and O–H groups in total. The fraction of sp³-hybridized carbons (Fsp3) is 0.143. The standard InChI is InChI=1S/C7H6Cl2N2O/c8-5-1-6(3-10-4-12)11-7(9)2-5/h1-2,4H,3H2,(H,10,12). The molecule has 1 aromatic rings. The third-order valence-corrected chi connectivity index (χ3v) is 1.59. The summed E-state index contributed by atoms with van der Waals surface area (Å²) in [6.45, 7) is 0.337. The van der Waals surface area contributed by atoms with Gasteiger partial charge >= 0.3 is 0 Å². The van der Waals surface area contributed by atoms with Crippen LogP contribution in [0.4, 0.5) is 0 Å². The number of carbonyl (C=O) groups excluding carboxylic acids is 1. The molecular formula is C7H6Cl2N2O. The Morgan fingerprint density at radius 3 is 2.83 bits per heavy atom. The Balaban J connectivity index is 2.78. The van der Waals surface area contributed by atoms with Crippen molar-refractivity contribution in [2.75, 3.05) is 0 Å². The SMILES string of the molecule is O=CNCc1cc(Cl)cc(Cl)n1. The van der Waals surface area contributed by atoms with Crippen molar-refractivity contribution in [2.24, 2.45) is 0 Å². The largest absolute Gasteiger partial charge is 0.353 e. The summed E-state index contributed by atoms with van der Waals surface area (Å²) in [5.74, 6) is 0. The van der Waals surface area contributed by atoms with Gasteiger partial charge in [-0.3, -0.25) is 4.79 Å². The minimum absolute atomic E-state index is 0.324. The van der Waals surface area contributed by atoms with E-state index in [0.717, 1.165) is 0 Å². The summed E-state index contributed by atoms with van der Waals surface area (Å²) >= 11 is 11.3. The third kappa shape index (κ3) is 2.68. The van der Waals surface area contributed by atoms with Gasteiger partial charge in [-0.15, -0.1) is 0 Å². The minimum atomic E-state index is 0.324. The lowest BCUT2D eigenvalue weighted by molar-refractivity contribution is -0.109. The molecule has 5 heteroatoms. The Morgan fingerprint density at radius 1 is 1.50 bits per heavy atom. The molecule has 1 rings (SSSR count). The molecule has 0 aliphatic carbocycles. The topological polar surface area (TPSA) is 42.0 Å². The number of halogens is 2. The van der Waals surface area contributed by atoms with Gasteiger partial charge in [0.05, 0.1) is 12.2 Å². The van der Waals surface area contributed by atoms with E-state index >= 15 is 0 Å². The first-order valence-electron chi connectivity index (χ1n) is 3.21. The molecule has 0 saturated carbocycles. The lowest BCUT2D eigenvalue weighted by Crippen LogP contribution is -2.10. The van der Waals surface area contributed by atoms with Crippen LogP contribution in [-0.2, 0) is 11.3 Å². The third-order valence-electron chi connectivity index (χ3n) is 1.18. The van der Waals surface area contributed by atoms with Crippen LogP contribution in [0, 0.1) is 0 Å². The average Bonchev–Trinajstić information content (AvgIpc) is 1.99. The summed E-state index contributed by atoms with van der Waals surface area (Å²) in [4.78, 5) is 13.9. The van der Waals surface area contributed by atoms with Crippen molar-refractivity contribution in [3.8, 4) is 0 Å². The van der Waals surface area contributed by atoms with E-state index in [9.17, 15) is 4.79 Å². The fourth-order valence-electron chi connectivity index (χ4n) is 0.753. The molecule has 0 aliphatic rings. The molecule has 64 valence electrons. The van der Waals surface area contributed by atoms with Crippen LogP contribution < -0.4 is 5.32 Å². The molecular weight excluding hydrogens is 199 g/mol. The molecule has 0 aromatic carbocycles. The normalized spacial score (nSPS) is 9.50. The van der Waals surface area contributed by atoms with Gasteiger partial charge in [-0.1, -0.05) is 23.2 Å². The monoisotopic (exact) mass is 204 g/mol. The van der Waals surface area contributed by atoms with Gasteiger partial charge in [0.15, 0.2) is 0 Å². The molecule has 0 aliphatic heterocycles. The predicted molar refractivity (Wildman–Crippen MR) is 47.2 cm³/mol. The molecule has 3 nitrogen and oxygen atoms in total. The second-order valence-corrected chi connectivity index (χ2v) is 2.92. The number of aromatic nitrogens is 1. The van der Waals surface area contributed by atoms with Crippen LogP contribution in [0.3, 0.4) is 0 Å². The van der Waals surface area contributed by atoms with Gasteiger partial charge in [-0.25, -0.2) is 4.98 Å². The van der Waals surface area contributed by atoms with Crippen molar-refractivity contribution in [1.82, 2.24) is 10.3 Å². The van der Waals surface area contributed by atoms with Crippen LogP contribution in [0.2, 0.25) is 10.2 Å². The van der Waals surface area contributed by atoms with Crippen LogP contribution in [0.1, 0.15) is 5.69 Å². The number of hydrogen-bond donors (Lipinski definition) is 1. The van der Waals surface area contributed by atoms with E-state index in [1.165, 1.54) is 6.07 Å². The Hall–Kier alpha value is -0.800. The summed E-state index contributed by atoms with van der Waals surface area (Å²) < 4.78 is 0. The molecule has 0 saturated heterocycles. The summed E-state index contributed by atoms with van der Waals surface area (Å²) in [6, 6.07) is 3.18. The smallest absolute Gasteiger partial charge is 0.207 e. The van der Waals surface area contributed by atoms with E-state index in [1.54, 1.807) is 6.07 Å². The van der Waals surface area contributed by atoms with Crippen LogP contribution in [0.15, 0.2) is 12.1 Å². The molecule has 0 atom stereocenters. The number of nitrogens with zero attached hydrogens (tertiary/aromatic N) is 1. The number of nitrogens with one attached hydrogen (secondary N) is 1. The van der Waals surface area contributed by atoms with Gasteiger partial charge in [0.25, 0.3) is 0 Å². The maximum absolute atomic E-state index is 9.94. The van der Waals surface area contributed by atoms with E-state index in [4.69, 9.17) is 23.2 Å². The highest BCUT2D eigenvalue weighted by Crippen LogP contribution is 2.14. The number of rotatable bonds is 3. The molecule has 0 spiro atoms. The maximum Gasteiger partial charge on any atom is 0.207 e. The van der Waals surface area contributed by atoms with Crippen molar-refractivity contribution >= 4 is 29.6 Å². The summed E-state index contributed by atoms with van der Waals surface area (Å²) in [7, 11) is 0. The number of amides is 1. The fourth-order valence-corrected chi connectivity index (χ4v) is 1.26. The molecule has 12 heavy (non-hydrogen) atoms. The number of carbonyl (C=O) groups is 1. The zero-order valence-corrected chi connectivity index (χ0v) is 7.56. The van der Waals surface area contributed by atoms with Gasteiger partial charge in [0, 0.05) is 5.02 Å². The molecule has 0 unspecified atom stereocenters. The molecule has 1 amide bonds. The van der Waals surface area contributed by atoms with Gasteiger partial charge in [0.2, 0.25) is 6.41 Å². The minimum Gasteiger partial charge on any atom is -0.353 e. The molecule has 1 heterocycles. The predicted octanol–water partition coefficient (Wildman–Crippen LogP) is 1.63. The van der Waals surface area contributed by atoms with E-state index in [1.807, 2.05) is 0 Å². The van der Waals surface area contributed by atoms with Crippen molar-refractivity contribution in [2.45, 2.75) is 6.54 Å². The Morgan fingerprint density at radius 2 is 2.25 bits per heavy atom. The lowest BCUT2D eigenvalue weighted by Gasteiger charge is -1.99. The zero-order valence-electron chi connectivity index (χ0n) is 6.05. The lowest BCUT2D eigenvalue weighted by atomic mass is 10.3. The first kappa shape index (κ1) is 9.29. The second kappa shape index (κ2) is 4.28. The maximum atomic E-state index is 9.94. The van der Waals surface area contributed by atoms with Crippen molar-refractivity contribution in [3.05, 3.63) is 28.0 Å². The van der Waals surface area contributed by atoms with E-state index < -0.39 is 0 Å². The van der Waals surface area contributed by atoms with Crippen molar-refractivity contribution < 1.29 is 4.79 Å². The number of pyridine rings is 1. The van der Waals surface area contributed by atoms with E-state index in [0.29, 0.717) is 28.8 Å². The summed E-state index contributed by atoms with van der Waals surface area (Å²) in [5.41, 5.74) is 0.639. The van der Waals surface area contributed by atoms with Crippen LogP contribution >= 0.6 is 23.2 Å². The average molecular weight is 205 g/mol. The molecule has 0 fully saturated rings. The van der Waals surface area contributed by atoms with Crippen LogP contribution in [0.5, 0.6) is 0 Å². The van der Waals surface area contributed by atoms with Gasteiger partial charge in [-0.2, -0.15) is 0 Å². The summed E-state index contributed by atoms with van der Waals surface area (Å²) in [5, 5.41) is 3.29. The zero-order chi connectivity index (χ0) is 8.97. The van der Waals surface area contributed by atoms with Crippen molar-refractivity contribution in [3.63, 3.8) is 0 Å². The Labute approximate surface area is 79.7 Å². The molecule has 1 aromatic heterocycles. The van der Waals surface area contributed by atoms with E-state index in [2.05, 4.69) is 10.3 Å². The Bertz CT molecular complexity index is 270.